The molecule has 14 heavy (non-hydrogen) atoms. The van der Waals surface area contributed by atoms with E-state index in [4.69, 9.17) is 5.11 Å². The SMILES string of the molecule is Cc1c(CO)nnn1C1CCCCC1. The fraction of sp³-hybridized carbons (Fsp3) is 0.800. The number of aromatic nitrogens is 3. The van der Waals surface area contributed by atoms with Crippen LogP contribution in [0.25, 0.3) is 0 Å². The van der Waals surface area contributed by atoms with Gasteiger partial charge in [0.05, 0.1) is 18.3 Å². The largest absolute Gasteiger partial charge is 0.390 e. The summed E-state index contributed by atoms with van der Waals surface area (Å²) in [5.74, 6) is 0. The maximum absolute atomic E-state index is 9.01. The lowest BCUT2D eigenvalue weighted by Crippen LogP contribution is -2.15. The van der Waals surface area contributed by atoms with Gasteiger partial charge >= 0.3 is 0 Å². The molecular formula is C10H17N3O. The minimum Gasteiger partial charge on any atom is -0.390 e. The Morgan fingerprint density at radius 2 is 2.07 bits per heavy atom. The summed E-state index contributed by atoms with van der Waals surface area (Å²) in [7, 11) is 0. The van der Waals surface area contributed by atoms with Crippen LogP contribution in [-0.4, -0.2) is 20.1 Å². The molecule has 1 fully saturated rings. The lowest BCUT2D eigenvalue weighted by atomic mass is 9.95. The molecule has 4 heteroatoms. The highest BCUT2D eigenvalue weighted by Crippen LogP contribution is 2.28. The summed E-state index contributed by atoms with van der Waals surface area (Å²) in [5, 5.41) is 17.1. The first kappa shape index (κ1) is 9.65. The average molecular weight is 195 g/mol. The number of aliphatic hydroxyl groups is 1. The van der Waals surface area contributed by atoms with Crippen molar-refractivity contribution in [1.82, 2.24) is 15.0 Å². The van der Waals surface area contributed by atoms with E-state index < -0.39 is 0 Å². The van der Waals surface area contributed by atoms with E-state index in [-0.39, 0.29) is 6.61 Å². The highest BCUT2D eigenvalue weighted by molar-refractivity contribution is 5.07. The summed E-state index contributed by atoms with van der Waals surface area (Å²) in [6.45, 7) is 1.98. The zero-order chi connectivity index (χ0) is 9.97. The smallest absolute Gasteiger partial charge is 0.111 e. The van der Waals surface area contributed by atoms with Crippen molar-refractivity contribution in [2.45, 2.75) is 51.7 Å². The third-order valence-corrected chi connectivity index (χ3v) is 3.09. The zero-order valence-corrected chi connectivity index (χ0v) is 8.61. The van der Waals surface area contributed by atoms with Crippen molar-refractivity contribution in [3.63, 3.8) is 0 Å². The van der Waals surface area contributed by atoms with Crippen molar-refractivity contribution < 1.29 is 5.11 Å². The van der Waals surface area contributed by atoms with Crippen LogP contribution in [0.5, 0.6) is 0 Å². The van der Waals surface area contributed by atoms with Crippen molar-refractivity contribution in [3.8, 4) is 0 Å². The van der Waals surface area contributed by atoms with Crippen molar-refractivity contribution in [2.24, 2.45) is 0 Å². The lowest BCUT2D eigenvalue weighted by Gasteiger charge is -2.22. The Balaban J connectivity index is 2.18. The van der Waals surface area contributed by atoms with E-state index in [1.54, 1.807) is 0 Å². The van der Waals surface area contributed by atoms with Crippen molar-refractivity contribution in [3.05, 3.63) is 11.4 Å². The molecule has 0 aliphatic heterocycles. The van der Waals surface area contributed by atoms with Crippen LogP contribution in [0.4, 0.5) is 0 Å². The van der Waals surface area contributed by atoms with Gasteiger partial charge in [-0.3, -0.25) is 0 Å². The van der Waals surface area contributed by atoms with Gasteiger partial charge in [-0.15, -0.1) is 5.10 Å². The summed E-state index contributed by atoms with van der Waals surface area (Å²) < 4.78 is 1.99. The highest BCUT2D eigenvalue weighted by atomic mass is 16.3. The number of hydrogen-bond donors (Lipinski definition) is 1. The molecule has 0 radical (unpaired) electrons. The van der Waals surface area contributed by atoms with Gasteiger partial charge < -0.3 is 5.11 Å². The molecule has 1 aliphatic carbocycles. The minimum atomic E-state index is -0.00144. The first-order chi connectivity index (χ1) is 6.83. The number of hydrogen-bond acceptors (Lipinski definition) is 3. The Kier molecular flexibility index (Phi) is 2.82. The molecule has 1 aromatic heterocycles. The molecule has 1 aromatic rings. The normalized spacial score (nSPS) is 18.7. The quantitative estimate of drug-likeness (QED) is 0.779. The fourth-order valence-corrected chi connectivity index (χ4v) is 2.19. The van der Waals surface area contributed by atoms with Crippen LogP contribution in [0.15, 0.2) is 0 Å². The van der Waals surface area contributed by atoms with Gasteiger partial charge in [-0.25, -0.2) is 4.68 Å². The number of nitrogens with zero attached hydrogens (tertiary/aromatic N) is 3. The summed E-state index contributed by atoms with van der Waals surface area (Å²) in [4.78, 5) is 0. The number of aliphatic hydroxyl groups excluding tert-OH is 1. The van der Waals surface area contributed by atoms with Crippen LogP contribution in [0.1, 0.15) is 49.5 Å². The Labute approximate surface area is 83.9 Å². The average Bonchev–Trinajstić information content (AvgIpc) is 2.61. The van der Waals surface area contributed by atoms with Gasteiger partial charge in [0.15, 0.2) is 0 Å². The monoisotopic (exact) mass is 195 g/mol. The van der Waals surface area contributed by atoms with E-state index >= 15 is 0 Å². The molecule has 4 nitrogen and oxygen atoms in total. The van der Waals surface area contributed by atoms with Gasteiger partial charge in [0, 0.05) is 0 Å². The molecule has 1 N–H and O–H groups in total. The Hall–Kier alpha value is -0.900. The van der Waals surface area contributed by atoms with Crippen molar-refractivity contribution in [2.75, 3.05) is 0 Å². The van der Waals surface area contributed by atoms with Crippen LogP contribution in [0.3, 0.4) is 0 Å². The van der Waals surface area contributed by atoms with Gasteiger partial charge in [-0.1, -0.05) is 24.5 Å². The molecule has 0 aromatic carbocycles. The Morgan fingerprint density at radius 1 is 1.36 bits per heavy atom. The van der Waals surface area contributed by atoms with E-state index in [1.165, 1.54) is 32.1 Å². The molecule has 0 spiro atoms. The molecule has 1 heterocycles. The van der Waals surface area contributed by atoms with E-state index in [0.29, 0.717) is 6.04 Å². The molecular weight excluding hydrogens is 178 g/mol. The summed E-state index contributed by atoms with van der Waals surface area (Å²) in [6, 6.07) is 0.511. The maximum atomic E-state index is 9.01. The van der Waals surface area contributed by atoms with Crippen LogP contribution < -0.4 is 0 Å². The second-order valence-corrected chi connectivity index (χ2v) is 4.02. The van der Waals surface area contributed by atoms with Gasteiger partial charge in [-0.2, -0.15) is 0 Å². The highest BCUT2D eigenvalue weighted by Gasteiger charge is 2.19. The maximum Gasteiger partial charge on any atom is 0.111 e. The number of rotatable bonds is 2. The van der Waals surface area contributed by atoms with Crippen LogP contribution in [0.2, 0.25) is 0 Å². The van der Waals surface area contributed by atoms with Crippen molar-refractivity contribution in [1.29, 1.82) is 0 Å². The molecule has 2 rings (SSSR count). The Morgan fingerprint density at radius 3 is 2.64 bits per heavy atom. The predicted molar refractivity (Wildman–Crippen MR) is 52.8 cm³/mol. The van der Waals surface area contributed by atoms with Crippen LogP contribution in [0, 0.1) is 6.92 Å². The lowest BCUT2D eigenvalue weighted by molar-refractivity contribution is 0.275. The second kappa shape index (κ2) is 4.09. The first-order valence-electron chi connectivity index (χ1n) is 5.34. The standard InChI is InChI=1S/C10H17N3O/c1-8-10(7-14)11-12-13(8)9-5-3-2-4-6-9/h9,14H,2-7H2,1H3. The third kappa shape index (κ3) is 1.66. The van der Waals surface area contributed by atoms with E-state index in [2.05, 4.69) is 10.3 Å². The Bertz CT molecular complexity index is 302. The molecule has 0 atom stereocenters. The van der Waals surface area contributed by atoms with Gasteiger partial charge in [0.2, 0.25) is 0 Å². The summed E-state index contributed by atoms with van der Waals surface area (Å²) in [5.41, 5.74) is 1.75. The van der Waals surface area contributed by atoms with Crippen molar-refractivity contribution >= 4 is 0 Å². The van der Waals surface area contributed by atoms with Gasteiger partial charge in [0.25, 0.3) is 0 Å². The van der Waals surface area contributed by atoms with Crippen LogP contribution in [-0.2, 0) is 6.61 Å². The summed E-state index contributed by atoms with van der Waals surface area (Å²) in [6.07, 6.45) is 6.33. The van der Waals surface area contributed by atoms with E-state index in [1.807, 2.05) is 11.6 Å². The molecule has 0 saturated heterocycles. The molecule has 0 amide bonds. The minimum absolute atomic E-state index is 0.00144. The van der Waals surface area contributed by atoms with E-state index in [0.717, 1.165) is 11.4 Å². The molecule has 78 valence electrons. The fourth-order valence-electron chi connectivity index (χ4n) is 2.19. The zero-order valence-electron chi connectivity index (χ0n) is 8.61. The van der Waals surface area contributed by atoms with Gasteiger partial charge in [0.1, 0.15) is 5.69 Å². The van der Waals surface area contributed by atoms with Gasteiger partial charge in [-0.05, 0) is 19.8 Å². The topological polar surface area (TPSA) is 50.9 Å². The third-order valence-electron chi connectivity index (χ3n) is 3.09. The molecule has 1 aliphatic rings. The second-order valence-electron chi connectivity index (χ2n) is 4.02. The summed E-state index contributed by atoms with van der Waals surface area (Å²) >= 11 is 0. The van der Waals surface area contributed by atoms with Crippen LogP contribution >= 0.6 is 0 Å². The molecule has 0 unspecified atom stereocenters. The first-order valence-corrected chi connectivity index (χ1v) is 5.34. The molecule has 0 bridgehead atoms. The molecule has 1 saturated carbocycles. The van der Waals surface area contributed by atoms with E-state index in [9.17, 15) is 0 Å². The predicted octanol–water partition coefficient (Wildman–Crippen LogP) is 1.58.